The summed E-state index contributed by atoms with van der Waals surface area (Å²) in [5.74, 6) is 0.0609. The lowest BCUT2D eigenvalue weighted by molar-refractivity contribution is 0.619. The zero-order chi connectivity index (χ0) is 20.6. The number of halogens is 2. The van der Waals surface area contributed by atoms with Gasteiger partial charge in [-0.3, -0.25) is 0 Å². The van der Waals surface area contributed by atoms with E-state index in [2.05, 4.69) is 109 Å². The molecular formula is C28H22Cl2. The molecule has 0 nitrogen and oxygen atoms in total. The quantitative estimate of drug-likeness (QED) is 0.287. The lowest BCUT2D eigenvalue weighted by Gasteiger charge is -2.24. The molecule has 0 aliphatic heterocycles. The minimum Gasteiger partial charge on any atom is -0.0999 e. The molecule has 148 valence electrons. The third-order valence-electron chi connectivity index (χ3n) is 6.41. The number of alkyl halides is 2. The van der Waals surface area contributed by atoms with E-state index in [9.17, 15) is 0 Å². The Balaban J connectivity index is 1.75. The third kappa shape index (κ3) is 2.90. The van der Waals surface area contributed by atoms with Gasteiger partial charge < -0.3 is 0 Å². The van der Waals surface area contributed by atoms with Gasteiger partial charge >= 0.3 is 0 Å². The predicted molar refractivity (Wildman–Crippen MR) is 126 cm³/mol. The van der Waals surface area contributed by atoms with E-state index < -0.39 is 9.75 Å². The van der Waals surface area contributed by atoms with Gasteiger partial charge in [-0.2, -0.15) is 0 Å². The van der Waals surface area contributed by atoms with Crippen molar-refractivity contribution in [1.29, 1.82) is 0 Å². The summed E-state index contributed by atoms with van der Waals surface area (Å²) in [5.41, 5.74) is 4.28. The van der Waals surface area contributed by atoms with Crippen molar-refractivity contribution in [3.05, 3.63) is 144 Å². The summed E-state index contributed by atoms with van der Waals surface area (Å²) >= 11 is 14.5. The maximum absolute atomic E-state index is 7.26. The fraction of sp³-hybridized carbons (Fsp3) is 0.143. The van der Waals surface area contributed by atoms with Gasteiger partial charge in [0.2, 0.25) is 0 Å². The van der Waals surface area contributed by atoms with Crippen LogP contribution >= 0.6 is 23.2 Å². The average Bonchev–Trinajstić information content (AvgIpc) is 3.33. The molecule has 1 saturated carbocycles. The highest BCUT2D eigenvalue weighted by Gasteiger charge is 2.79. The second-order valence-electron chi connectivity index (χ2n) is 7.94. The average molecular weight is 429 g/mol. The molecule has 2 heteroatoms. The zero-order valence-electron chi connectivity index (χ0n) is 16.5. The van der Waals surface area contributed by atoms with Gasteiger partial charge in [0.15, 0.2) is 0 Å². The fourth-order valence-corrected chi connectivity index (χ4v) is 6.24. The van der Waals surface area contributed by atoms with Gasteiger partial charge in [0.25, 0.3) is 0 Å². The highest BCUT2D eigenvalue weighted by atomic mass is 35.5. The minimum absolute atomic E-state index is 0.0112. The van der Waals surface area contributed by atoms with Gasteiger partial charge in [-0.1, -0.05) is 145 Å². The second kappa shape index (κ2) is 7.61. The van der Waals surface area contributed by atoms with Crippen LogP contribution in [-0.4, -0.2) is 4.33 Å². The first kappa shape index (κ1) is 19.4. The Kier molecular flexibility index (Phi) is 4.93. The second-order valence-corrected chi connectivity index (χ2v) is 9.33. The Bertz CT molecular complexity index is 1030. The Morgan fingerprint density at radius 2 is 0.833 bits per heavy atom. The first-order valence-corrected chi connectivity index (χ1v) is 11.0. The SMILES string of the molecule is ClC1(Cl)C(C(c2ccccc2)c2ccccc2)C1(c1ccccc1)c1ccccc1. The summed E-state index contributed by atoms with van der Waals surface area (Å²) in [7, 11) is 0. The predicted octanol–water partition coefficient (Wildman–Crippen LogP) is 7.61. The molecule has 0 bridgehead atoms. The molecule has 1 fully saturated rings. The molecule has 30 heavy (non-hydrogen) atoms. The highest BCUT2D eigenvalue weighted by Crippen LogP contribution is 2.77. The fourth-order valence-electron chi connectivity index (χ4n) is 5.10. The number of benzene rings is 4. The van der Waals surface area contributed by atoms with Gasteiger partial charge in [0.05, 0.1) is 5.41 Å². The molecule has 0 saturated heterocycles. The van der Waals surface area contributed by atoms with E-state index in [4.69, 9.17) is 23.2 Å². The van der Waals surface area contributed by atoms with Crippen molar-refractivity contribution in [2.75, 3.05) is 0 Å². The smallest absolute Gasteiger partial charge is 0.0999 e. The van der Waals surface area contributed by atoms with Crippen molar-refractivity contribution < 1.29 is 0 Å². The van der Waals surface area contributed by atoms with Gasteiger partial charge in [0.1, 0.15) is 4.33 Å². The largest absolute Gasteiger partial charge is 0.137 e. The summed E-state index contributed by atoms with van der Waals surface area (Å²) in [6.45, 7) is 0. The van der Waals surface area contributed by atoms with E-state index >= 15 is 0 Å². The molecule has 1 aliphatic carbocycles. The number of hydrogen-bond donors (Lipinski definition) is 0. The van der Waals surface area contributed by atoms with Crippen molar-refractivity contribution in [3.8, 4) is 0 Å². The van der Waals surface area contributed by atoms with Crippen molar-refractivity contribution in [3.63, 3.8) is 0 Å². The van der Waals surface area contributed by atoms with E-state index in [0.717, 1.165) is 11.1 Å². The van der Waals surface area contributed by atoms with Crippen molar-refractivity contribution in [2.24, 2.45) is 5.92 Å². The van der Waals surface area contributed by atoms with E-state index in [1.54, 1.807) is 0 Å². The standard InChI is InChI=1S/C28H22Cl2/c29-28(30)26(25(21-13-5-1-6-14-21)22-15-7-2-8-16-22)27(28,23-17-9-3-10-18-23)24-19-11-4-12-20-24/h1-20,25-26H. The molecule has 0 N–H and O–H groups in total. The number of hydrogen-bond acceptors (Lipinski definition) is 0. The summed E-state index contributed by atoms with van der Waals surface area (Å²) in [4.78, 5) is 0. The van der Waals surface area contributed by atoms with Gasteiger partial charge in [-0.25, -0.2) is 0 Å². The zero-order valence-corrected chi connectivity index (χ0v) is 18.0. The first-order valence-electron chi connectivity index (χ1n) is 10.3. The van der Waals surface area contributed by atoms with Crippen LogP contribution in [0.5, 0.6) is 0 Å². The molecule has 4 aromatic carbocycles. The molecular weight excluding hydrogens is 407 g/mol. The Morgan fingerprint density at radius 1 is 0.500 bits per heavy atom. The Hall–Kier alpha value is -2.54. The van der Waals surface area contributed by atoms with Crippen LogP contribution in [-0.2, 0) is 5.41 Å². The van der Waals surface area contributed by atoms with Crippen LogP contribution in [0.25, 0.3) is 0 Å². The molecule has 0 amide bonds. The Labute approximate surface area is 188 Å². The molecule has 4 aromatic rings. The topological polar surface area (TPSA) is 0 Å². The van der Waals surface area contributed by atoms with Crippen LogP contribution in [0.4, 0.5) is 0 Å². The van der Waals surface area contributed by atoms with E-state index in [0.29, 0.717) is 0 Å². The highest BCUT2D eigenvalue weighted by molar-refractivity contribution is 6.53. The first-order chi connectivity index (χ1) is 14.7. The van der Waals surface area contributed by atoms with E-state index in [-0.39, 0.29) is 11.8 Å². The molecule has 0 heterocycles. The maximum atomic E-state index is 7.26. The summed E-state index contributed by atoms with van der Waals surface area (Å²) in [6, 6.07) is 42.1. The van der Waals surface area contributed by atoms with Crippen LogP contribution < -0.4 is 0 Å². The monoisotopic (exact) mass is 428 g/mol. The van der Waals surface area contributed by atoms with Crippen molar-refractivity contribution in [2.45, 2.75) is 15.7 Å². The van der Waals surface area contributed by atoms with Crippen molar-refractivity contribution in [1.82, 2.24) is 0 Å². The van der Waals surface area contributed by atoms with Crippen molar-refractivity contribution >= 4 is 23.2 Å². The van der Waals surface area contributed by atoms with Crippen LogP contribution in [0.3, 0.4) is 0 Å². The lowest BCUT2D eigenvalue weighted by atomic mass is 9.78. The van der Waals surface area contributed by atoms with Crippen LogP contribution in [0.1, 0.15) is 28.2 Å². The maximum Gasteiger partial charge on any atom is 0.137 e. The third-order valence-corrected chi connectivity index (χ3v) is 7.47. The van der Waals surface area contributed by atoms with Gasteiger partial charge in [0, 0.05) is 11.8 Å². The summed E-state index contributed by atoms with van der Waals surface area (Å²) in [6.07, 6.45) is 0. The minimum atomic E-state index is -0.938. The van der Waals surface area contributed by atoms with Gasteiger partial charge in [-0.15, -0.1) is 0 Å². The molecule has 0 spiro atoms. The van der Waals surface area contributed by atoms with Crippen LogP contribution in [0, 0.1) is 5.92 Å². The van der Waals surface area contributed by atoms with E-state index in [1.165, 1.54) is 11.1 Å². The van der Waals surface area contributed by atoms with E-state index in [1.807, 2.05) is 12.1 Å². The Morgan fingerprint density at radius 3 is 1.20 bits per heavy atom. The van der Waals surface area contributed by atoms with Crippen LogP contribution in [0.15, 0.2) is 121 Å². The molecule has 1 unspecified atom stereocenters. The molecule has 5 rings (SSSR count). The normalized spacial score (nSPS) is 18.8. The molecule has 1 aliphatic rings. The lowest BCUT2D eigenvalue weighted by Crippen LogP contribution is -2.19. The summed E-state index contributed by atoms with van der Waals surface area (Å²) < 4.78 is -0.938. The van der Waals surface area contributed by atoms with Gasteiger partial charge in [-0.05, 0) is 22.3 Å². The van der Waals surface area contributed by atoms with Crippen LogP contribution in [0.2, 0.25) is 0 Å². The molecule has 1 atom stereocenters. The number of rotatable bonds is 5. The summed E-state index contributed by atoms with van der Waals surface area (Å²) in [5, 5.41) is 0. The molecule has 0 aromatic heterocycles. The molecule has 0 radical (unpaired) electrons.